The molecule has 1 saturated heterocycles. The Morgan fingerprint density at radius 3 is 2.47 bits per heavy atom. The number of rotatable bonds is 2. The average Bonchev–Trinajstić information content (AvgIpc) is 2.96. The van der Waals surface area contributed by atoms with E-state index in [9.17, 15) is 13.2 Å². The van der Waals surface area contributed by atoms with Gasteiger partial charge in [0.15, 0.2) is 0 Å². The molecule has 1 amide bonds. The molecule has 0 N–H and O–H groups in total. The van der Waals surface area contributed by atoms with E-state index in [2.05, 4.69) is 0 Å². The fourth-order valence-corrected chi connectivity index (χ4v) is 5.32. The predicted molar refractivity (Wildman–Crippen MR) is 63.6 cm³/mol. The molecule has 0 aromatic rings. The Balaban J connectivity index is 1.83. The van der Waals surface area contributed by atoms with Crippen LogP contribution < -0.4 is 0 Å². The molecule has 0 bridgehead atoms. The van der Waals surface area contributed by atoms with E-state index >= 15 is 0 Å². The van der Waals surface area contributed by atoms with Gasteiger partial charge < -0.3 is 0 Å². The first-order chi connectivity index (χ1) is 7.92. The Bertz CT molecular complexity index is 459. The minimum absolute atomic E-state index is 0.337. The van der Waals surface area contributed by atoms with Crippen molar-refractivity contribution < 1.29 is 13.2 Å². The van der Waals surface area contributed by atoms with E-state index in [4.69, 9.17) is 10.7 Å². The lowest BCUT2D eigenvalue weighted by Gasteiger charge is -2.53. The van der Waals surface area contributed by atoms with Crippen molar-refractivity contribution in [3.63, 3.8) is 0 Å². The van der Waals surface area contributed by atoms with Gasteiger partial charge in [-0.05, 0) is 37.5 Å². The van der Waals surface area contributed by atoms with Crippen molar-refractivity contribution in [1.82, 2.24) is 4.31 Å². The fraction of sp³-hybridized carbons (Fsp3) is 0.909. The molecule has 1 heterocycles. The minimum Gasteiger partial charge on any atom is -0.274 e. The van der Waals surface area contributed by atoms with Crippen LogP contribution >= 0.6 is 10.7 Å². The summed E-state index contributed by atoms with van der Waals surface area (Å²) in [6.07, 6.45) is 6.70. The Morgan fingerprint density at radius 1 is 1.24 bits per heavy atom. The number of hydrogen-bond acceptors (Lipinski definition) is 3. The maximum atomic E-state index is 11.5. The molecule has 2 unspecified atom stereocenters. The molecule has 2 atom stereocenters. The zero-order valence-electron chi connectivity index (χ0n) is 9.56. The zero-order valence-corrected chi connectivity index (χ0v) is 11.1. The van der Waals surface area contributed by atoms with Crippen LogP contribution in [0, 0.1) is 11.8 Å². The molecule has 1 aliphatic heterocycles. The van der Waals surface area contributed by atoms with E-state index < -0.39 is 14.8 Å². The van der Waals surface area contributed by atoms with E-state index in [1.165, 1.54) is 19.3 Å². The van der Waals surface area contributed by atoms with E-state index in [0.29, 0.717) is 12.3 Å². The average molecular weight is 278 g/mol. The van der Waals surface area contributed by atoms with Gasteiger partial charge in [0.1, 0.15) is 0 Å². The SMILES string of the molecule is O=C1CC2(CCCC(C3CC3)C2)N1S(=O)(=O)Cl. The Labute approximate surface area is 106 Å². The summed E-state index contributed by atoms with van der Waals surface area (Å²) in [5.41, 5.74) is -0.469. The summed E-state index contributed by atoms with van der Waals surface area (Å²) in [6.45, 7) is 0. The second-order valence-corrected chi connectivity index (χ2v) is 8.05. The normalized spacial score (nSPS) is 38.3. The van der Waals surface area contributed by atoms with Gasteiger partial charge in [0.2, 0.25) is 5.91 Å². The molecule has 3 aliphatic rings. The van der Waals surface area contributed by atoms with E-state index in [1.807, 2.05) is 0 Å². The topological polar surface area (TPSA) is 54.5 Å². The van der Waals surface area contributed by atoms with Crippen molar-refractivity contribution in [2.45, 2.75) is 50.5 Å². The third-order valence-electron chi connectivity index (χ3n) is 4.50. The summed E-state index contributed by atoms with van der Waals surface area (Å²) >= 11 is 0. The molecule has 3 fully saturated rings. The second kappa shape index (κ2) is 3.60. The molecular formula is C11H16ClNO3S. The molecule has 2 aliphatic carbocycles. The lowest BCUT2D eigenvalue weighted by molar-refractivity contribution is -0.149. The summed E-state index contributed by atoms with van der Waals surface area (Å²) in [5, 5.41) is 0. The molecule has 3 rings (SSSR count). The van der Waals surface area contributed by atoms with E-state index in [-0.39, 0.29) is 5.91 Å². The standard InChI is InChI=1S/C11H16ClNO3S/c12-17(15,16)13-10(14)7-11(13)5-1-2-9(6-11)8-3-4-8/h8-9H,1-7H2. The molecular weight excluding hydrogens is 262 g/mol. The third kappa shape index (κ3) is 1.87. The number of nitrogens with zero attached hydrogens (tertiary/aromatic N) is 1. The number of amides is 1. The van der Waals surface area contributed by atoms with Crippen molar-refractivity contribution in [3.05, 3.63) is 0 Å². The Morgan fingerprint density at radius 2 is 1.94 bits per heavy atom. The van der Waals surface area contributed by atoms with E-state index in [0.717, 1.165) is 29.5 Å². The van der Waals surface area contributed by atoms with Crippen LogP contribution in [0.1, 0.15) is 44.9 Å². The molecule has 0 aromatic heterocycles. The van der Waals surface area contributed by atoms with Crippen molar-refractivity contribution in [3.8, 4) is 0 Å². The molecule has 17 heavy (non-hydrogen) atoms. The van der Waals surface area contributed by atoms with Crippen molar-refractivity contribution in [2.75, 3.05) is 0 Å². The largest absolute Gasteiger partial charge is 0.324 e. The zero-order chi connectivity index (χ0) is 12.3. The van der Waals surface area contributed by atoms with Crippen LogP contribution in [0.25, 0.3) is 0 Å². The molecule has 96 valence electrons. The molecule has 0 aromatic carbocycles. The highest BCUT2D eigenvalue weighted by Crippen LogP contribution is 2.53. The first-order valence-electron chi connectivity index (χ1n) is 6.20. The van der Waals surface area contributed by atoms with Gasteiger partial charge in [0.25, 0.3) is 0 Å². The maximum Gasteiger partial charge on any atom is 0.324 e. The van der Waals surface area contributed by atoms with Gasteiger partial charge in [-0.25, -0.2) is 4.31 Å². The molecule has 0 radical (unpaired) electrons. The second-order valence-electron chi connectivity index (χ2n) is 5.70. The molecule has 6 heteroatoms. The van der Waals surface area contributed by atoms with Gasteiger partial charge in [0.05, 0.1) is 12.0 Å². The van der Waals surface area contributed by atoms with Crippen LogP contribution in [0.3, 0.4) is 0 Å². The Hall–Kier alpha value is -0.290. The highest BCUT2D eigenvalue weighted by atomic mass is 35.7. The molecule has 2 saturated carbocycles. The number of β-lactam (4-membered cyclic amide) rings is 1. The van der Waals surface area contributed by atoms with Crippen LogP contribution in [0.5, 0.6) is 0 Å². The van der Waals surface area contributed by atoms with Crippen LogP contribution in [-0.4, -0.2) is 24.2 Å². The van der Waals surface area contributed by atoms with Crippen LogP contribution in [-0.2, 0) is 14.0 Å². The van der Waals surface area contributed by atoms with E-state index in [1.54, 1.807) is 0 Å². The molecule has 1 spiro atoms. The van der Waals surface area contributed by atoms with Crippen molar-refractivity contribution >= 4 is 25.8 Å². The minimum atomic E-state index is -3.90. The lowest BCUT2D eigenvalue weighted by Crippen LogP contribution is -2.66. The van der Waals surface area contributed by atoms with Gasteiger partial charge in [-0.15, -0.1) is 0 Å². The summed E-state index contributed by atoms with van der Waals surface area (Å²) in [6, 6.07) is 0. The number of hydrogen-bond donors (Lipinski definition) is 0. The lowest BCUT2D eigenvalue weighted by atomic mass is 9.68. The third-order valence-corrected chi connectivity index (χ3v) is 5.94. The first-order valence-corrected chi connectivity index (χ1v) is 8.47. The van der Waals surface area contributed by atoms with Crippen LogP contribution in [0.4, 0.5) is 0 Å². The number of carbonyl (C=O) groups excluding carboxylic acids is 1. The maximum absolute atomic E-state index is 11.5. The predicted octanol–water partition coefficient (Wildman–Crippen LogP) is 2.04. The Kier molecular flexibility index (Phi) is 2.50. The monoisotopic (exact) mass is 277 g/mol. The number of carbonyl (C=O) groups is 1. The van der Waals surface area contributed by atoms with Crippen molar-refractivity contribution in [1.29, 1.82) is 0 Å². The number of halogens is 1. The summed E-state index contributed by atoms with van der Waals surface area (Å²) in [4.78, 5) is 11.5. The van der Waals surface area contributed by atoms with Gasteiger partial charge >= 0.3 is 9.24 Å². The smallest absolute Gasteiger partial charge is 0.274 e. The summed E-state index contributed by atoms with van der Waals surface area (Å²) < 4.78 is 23.9. The molecule has 4 nitrogen and oxygen atoms in total. The van der Waals surface area contributed by atoms with Gasteiger partial charge in [-0.3, -0.25) is 4.79 Å². The van der Waals surface area contributed by atoms with Gasteiger partial charge in [-0.2, -0.15) is 8.42 Å². The quantitative estimate of drug-likeness (QED) is 0.573. The highest BCUT2D eigenvalue weighted by Gasteiger charge is 2.58. The first kappa shape index (κ1) is 11.8. The summed E-state index contributed by atoms with van der Waals surface area (Å²) in [5.74, 6) is 1.02. The fourth-order valence-electron chi connectivity index (χ4n) is 3.65. The van der Waals surface area contributed by atoms with Crippen LogP contribution in [0.15, 0.2) is 0 Å². The van der Waals surface area contributed by atoms with Gasteiger partial charge in [0, 0.05) is 10.7 Å². The summed E-state index contributed by atoms with van der Waals surface area (Å²) in [7, 11) is 1.48. The van der Waals surface area contributed by atoms with Crippen molar-refractivity contribution in [2.24, 2.45) is 11.8 Å². The van der Waals surface area contributed by atoms with Crippen LogP contribution in [0.2, 0.25) is 0 Å². The highest BCUT2D eigenvalue weighted by molar-refractivity contribution is 8.12. The van der Waals surface area contributed by atoms with Gasteiger partial charge in [-0.1, -0.05) is 12.8 Å².